The van der Waals surface area contributed by atoms with Gasteiger partial charge in [-0.05, 0) is 50.5 Å². The van der Waals surface area contributed by atoms with Crippen LogP contribution in [0.25, 0.3) is 0 Å². The molecule has 2 aromatic rings. The number of likely N-dealkylation sites (tertiary alicyclic amines) is 1. The van der Waals surface area contributed by atoms with Crippen LogP contribution in [0.2, 0.25) is 0 Å². The van der Waals surface area contributed by atoms with Gasteiger partial charge in [-0.3, -0.25) is 9.69 Å². The molecular formula is C21H25F3N2O5S. The molecule has 0 saturated carbocycles. The minimum absolute atomic E-state index is 0.0258. The third kappa shape index (κ3) is 6.57. The standard InChI is InChI=1S/C19H24N2O3S.C2HF3O2/c1-13-4-5-15(25-13)12-21-9-8-17-16(21)6-7-18(24-17)19(22)20-11-14-3-2-10-23-14;3-2(4,5)1(6)7/h2-5,10,16-18H,6-9,11-12H2,1H3,(H,20,22);(H,6,7)/t16-,17-,18-;/m1./s1. The van der Waals surface area contributed by atoms with Crippen LogP contribution in [0.4, 0.5) is 13.2 Å². The van der Waals surface area contributed by atoms with Crippen molar-refractivity contribution >= 4 is 23.2 Å². The first-order chi connectivity index (χ1) is 15.1. The summed E-state index contributed by atoms with van der Waals surface area (Å²) < 4.78 is 43.1. The van der Waals surface area contributed by atoms with Crippen molar-refractivity contribution in [3.8, 4) is 0 Å². The Morgan fingerprint density at radius 3 is 2.59 bits per heavy atom. The highest BCUT2D eigenvalue weighted by molar-refractivity contribution is 7.11. The number of aryl methyl sites for hydroxylation is 1. The molecule has 2 aromatic heterocycles. The Bertz CT molecular complexity index is 900. The number of aliphatic carboxylic acids is 1. The van der Waals surface area contributed by atoms with Crippen molar-refractivity contribution in [2.75, 3.05) is 6.54 Å². The van der Waals surface area contributed by atoms with Gasteiger partial charge in [0.25, 0.3) is 0 Å². The molecule has 0 aromatic carbocycles. The predicted octanol–water partition coefficient (Wildman–Crippen LogP) is 3.72. The zero-order valence-electron chi connectivity index (χ0n) is 17.4. The summed E-state index contributed by atoms with van der Waals surface area (Å²) >= 11 is 1.87. The molecule has 4 heterocycles. The van der Waals surface area contributed by atoms with E-state index in [2.05, 4.69) is 29.3 Å². The average molecular weight is 475 g/mol. The second kappa shape index (κ2) is 10.5. The molecule has 4 rings (SSSR count). The van der Waals surface area contributed by atoms with E-state index in [4.69, 9.17) is 19.1 Å². The van der Waals surface area contributed by atoms with Crippen LogP contribution in [-0.2, 0) is 27.4 Å². The van der Waals surface area contributed by atoms with Crippen LogP contribution in [0.1, 0.15) is 34.8 Å². The summed E-state index contributed by atoms with van der Waals surface area (Å²) in [5, 5.41) is 10.0. The van der Waals surface area contributed by atoms with Gasteiger partial charge in [0, 0.05) is 28.9 Å². The summed E-state index contributed by atoms with van der Waals surface area (Å²) in [4.78, 5) is 26.6. The fraction of sp³-hybridized carbons (Fsp3) is 0.524. The van der Waals surface area contributed by atoms with Crippen LogP contribution < -0.4 is 5.32 Å². The minimum Gasteiger partial charge on any atom is -0.475 e. The Morgan fingerprint density at radius 2 is 2.00 bits per heavy atom. The fourth-order valence-electron chi connectivity index (χ4n) is 3.88. The number of hydrogen-bond acceptors (Lipinski definition) is 6. The van der Waals surface area contributed by atoms with Crippen LogP contribution in [0.3, 0.4) is 0 Å². The Balaban J connectivity index is 0.000000360. The maximum absolute atomic E-state index is 12.4. The zero-order chi connectivity index (χ0) is 23.3. The molecule has 0 radical (unpaired) electrons. The molecular weight excluding hydrogens is 449 g/mol. The number of carbonyl (C=O) groups is 2. The third-order valence-corrected chi connectivity index (χ3v) is 6.35. The van der Waals surface area contributed by atoms with Gasteiger partial charge < -0.3 is 19.6 Å². The van der Waals surface area contributed by atoms with Crippen LogP contribution in [0.15, 0.2) is 34.9 Å². The first kappa shape index (κ1) is 24.3. The molecule has 2 aliphatic rings. The molecule has 2 fully saturated rings. The number of carboxylic acid groups (broad SMARTS) is 1. The van der Waals surface area contributed by atoms with E-state index in [0.717, 1.165) is 38.1 Å². The second-order valence-corrected chi connectivity index (χ2v) is 9.05. The van der Waals surface area contributed by atoms with Crippen molar-refractivity contribution in [3.05, 3.63) is 46.0 Å². The molecule has 0 bridgehead atoms. The van der Waals surface area contributed by atoms with Crippen molar-refractivity contribution in [2.45, 2.75) is 63.7 Å². The molecule has 3 atom stereocenters. The molecule has 11 heteroatoms. The van der Waals surface area contributed by atoms with Crippen molar-refractivity contribution in [1.82, 2.24) is 10.2 Å². The molecule has 2 saturated heterocycles. The number of halogens is 3. The van der Waals surface area contributed by atoms with E-state index in [0.29, 0.717) is 12.6 Å². The van der Waals surface area contributed by atoms with Gasteiger partial charge >= 0.3 is 12.1 Å². The van der Waals surface area contributed by atoms with E-state index in [1.54, 1.807) is 6.26 Å². The lowest BCUT2D eigenvalue weighted by atomic mass is 9.98. The molecule has 0 unspecified atom stereocenters. The summed E-state index contributed by atoms with van der Waals surface area (Å²) in [5.74, 6) is -2.02. The quantitative estimate of drug-likeness (QED) is 0.686. The number of nitrogens with zero attached hydrogens (tertiary/aromatic N) is 1. The Labute approximate surface area is 187 Å². The van der Waals surface area contributed by atoms with Gasteiger partial charge in [-0.15, -0.1) is 11.3 Å². The van der Waals surface area contributed by atoms with E-state index in [1.807, 2.05) is 23.5 Å². The minimum atomic E-state index is -5.08. The SMILES string of the molecule is Cc1ccc(CN2CC[C@H]3O[C@@H](C(=O)NCc4ccco4)CC[C@H]32)s1.O=C(O)C(F)(F)F. The lowest BCUT2D eigenvalue weighted by Crippen LogP contribution is -2.47. The van der Waals surface area contributed by atoms with Crippen molar-refractivity contribution in [3.63, 3.8) is 0 Å². The number of rotatable bonds is 5. The van der Waals surface area contributed by atoms with E-state index in [9.17, 15) is 18.0 Å². The summed E-state index contributed by atoms with van der Waals surface area (Å²) in [6.07, 6.45) is -0.809. The number of nitrogens with one attached hydrogen (secondary N) is 1. The van der Waals surface area contributed by atoms with Gasteiger partial charge in [0.05, 0.1) is 18.9 Å². The zero-order valence-corrected chi connectivity index (χ0v) is 18.2. The largest absolute Gasteiger partial charge is 0.490 e. The van der Waals surface area contributed by atoms with E-state index in [1.165, 1.54) is 9.75 Å². The number of hydrogen-bond donors (Lipinski definition) is 2. The number of ether oxygens (including phenoxy) is 1. The second-order valence-electron chi connectivity index (χ2n) is 7.68. The Hall–Kier alpha value is -2.37. The highest BCUT2D eigenvalue weighted by atomic mass is 32.1. The smallest absolute Gasteiger partial charge is 0.475 e. The maximum Gasteiger partial charge on any atom is 0.490 e. The van der Waals surface area contributed by atoms with Gasteiger partial charge in [-0.2, -0.15) is 13.2 Å². The summed E-state index contributed by atoms with van der Waals surface area (Å²) in [6, 6.07) is 8.54. The number of thiophene rings is 1. The van der Waals surface area contributed by atoms with E-state index < -0.39 is 12.1 Å². The van der Waals surface area contributed by atoms with Gasteiger partial charge in [0.2, 0.25) is 5.91 Å². The number of alkyl halides is 3. The average Bonchev–Trinajstić information content (AvgIpc) is 3.48. The van der Waals surface area contributed by atoms with Gasteiger partial charge in [0.1, 0.15) is 11.9 Å². The first-order valence-electron chi connectivity index (χ1n) is 10.2. The monoisotopic (exact) mass is 474 g/mol. The van der Waals surface area contributed by atoms with Crippen molar-refractivity contribution in [1.29, 1.82) is 0 Å². The number of carboxylic acids is 1. The molecule has 32 heavy (non-hydrogen) atoms. The van der Waals surface area contributed by atoms with Crippen LogP contribution in [0, 0.1) is 6.92 Å². The van der Waals surface area contributed by atoms with Crippen molar-refractivity contribution in [2.24, 2.45) is 0 Å². The number of furan rings is 1. The fourth-order valence-corrected chi connectivity index (χ4v) is 4.79. The molecule has 0 spiro atoms. The lowest BCUT2D eigenvalue weighted by Gasteiger charge is -2.35. The van der Waals surface area contributed by atoms with Crippen LogP contribution in [-0.4, -0.2) is 52.9 Å². The molecule has 1 amide bonds. The van der Waals surface area contributed by atoms with E-state index >= 15 is 0 Å². The summed E-state index contributed by atoms with van der Waals surface area (Å²) in [7, 11) is 0. The predicted molar refractivity (Wildman–Crippen MR) is 110 cm³/mol. The first-order valence-corrected chi connectivity index (χ1v) is 11.0. The highest BCUT2D eigenvalue weighted by Gasteiger charge is 2.41. The van der Waals surface area contributed by atoms with Gasteiger partial charge in [-0.1, -0.05) is 0 Å². The van der Waals surface area contributed by atoms with Crippen LogP contribution in [0.5, 0.6) is 0 Å². The molecule has 176 valence electrons. The number of fused-ring (bicyclic) bond motifs is 1. The maximum atomic E-state index is 12.4. The van der Waals surface area contributed by atoms with Gasteiger partial charge in [0.15, 0.2) is 0 Å². The number of amides is 1. The Kier molecular flexibility index (Phi) is 7.96. The molecule has 2 N–H and O–H groups in total. The highest BCUT2D eigenvalue weighted by Crippen LogP contribution is 2.33. The van der Waals surface area contributed by atoms with Crippen molar-refractivity contribution < 1.29 is 37.0 Å². The van der Waals surface area contributed by atoms with Crippen LogP contribution >= 0.6 is 11.3 Å². The lowest BCUT2D eigenvalue weighted by molar-refractivity contribution is -0.192. The normalized spacial score (nSPS) is 23.2. The molecule has 2 aliphatic heterocycles. The topological polar surface area (TPSA) is 92.0 Å². The third-order valence-electron chi connectivity index (χ3n) is 5.37. The van der Waals surface area contributed by atoms with E-state index in [-0.39, 0.29) is 18.1 Å². The Morgan fingerprint density at radius 1 is 1.25 bits per heavy atom. The number of carbonyl (C=O) groups excluding carboxylic acids is 1. The summed E-state index contributed by atoms with van der Waals surface area (Å²) in [6.45, 7) is 4.62. The van der Waals surface area contributed by atoms with Gasteiger partial charge in [-0.25, -0.2) is 4.79 Å². The molecule has 7 nitrogen and oxygen atoms in total. The summed E-state index contributed by atoms with van der Waals surface area (Å²) in [5.41, 5.74) is 0. The molecule has 0 aliphatic carbocycles.